The summed E-state index contributed by atoms with van der Waals surface area (Å²) >= 11 is -1.72. The molecule has 0 aliphatic heterocycles. The third-order valence-electron chi connectivity index (χ3n) is 13.8. The standard InChI is InChI=1S/C17H11F7N2O7.C17H15F7N2O3.C17H13F7O3.C6H6O.C3H2F4O3S.C2HF3O.C2H2F2.C2H5FO.CHFO.CH4.Al.3ClH.FH.K.HNO3.O2/c1-14(18,19)33-17(23,24)15(16(20,21)22,8-2-4-12(27)10(6-8)25(29)30)9-3-5-13(28)11(7-9)26(31)32;1-14(18,19)29-17(23,24)15(16(20,21)22,8-2-4-12(27)10(25)6-8)9-3-5-13(28)11(26)7-9;1-14(18,19)27-17(23,24)15(16(20,21)22,10-2-6-12(25)7-3-10)11-4-8-13(26)9-5-11;7-6-4-2-1-3-5-6;1-2(4)3(5,6)10-11(7,8)9;3-2(4,5)1-6;1-2(3)4;1-2-4-3;2-1-3;;;;;;;;2-1(3)4;1-2/h2-7,27-28H,1H3;2-7,27-28H,25-26H2,1H3;2-9,25-26H,1H3;1-5,7H;1H2;1H;1H2;2H2,1H3;1H;1H4;;4*1H;;(H,2,3,4);/q;;;;;;;;;;+3;;;;;+1;;/p-4. The van der Waals surface area contributed by atoms with E-state index >= 15 is 8.78 Å². The van der Waals surface area contributed by atoms with E-state index in [1.165, 1.54) is 0 Å². The number of rotatable bonds is 21. The molecule has 0 bridgehead atoms. The van der Waals surface area contributed by atoms with Gasteiger partial charge in [-0.2, -0.15) is 145 Å². The molecule has 0 saturated heterocycles. The van der Waals surface area contributed by atoms with Gasteiger partial charge < -0.3 is 57.1 Å². The molecule has 0 aromatic heterocycles. The van der Waals surface area contributed by atoms with Crippen LogP contribution in [0.3, 0.4) is 0 Å². The van der Waals surface area contributed by atoms with Crippen molar-refractivity contribution < 1.29 is 293 Å². The fourth-order valence-electron chi connectivity index (χ4n) is 9.29. The summed E-state index contributed by atoms with van der Waals surface area (Å²) in [7, 11) is 8.96. The van der Waals surface area contributed by atoms with Crippen molar-refractivity contribution >= 4 is 87.6 Å². The molecule has 0 aliphatic rings. The molecule has 0 radical (unpaired) electrons. The monoisotopic (exact) mass is 2180 g/mol. The molecule has 137 heavy (non-hydrogen) atoms. The van der Waals surface area contributed by atoms with E-state index < -0.39 is 236 Å². The van der Waals surface area contributed by atoms with Gasteiger partial charge in [0.2, 0.25) is 22.5 Å². The first-order chi connectivity index (χ1) is 60.2. The molecule has 7 aromatic rings. The number of anilines is 2. The number of hydrogen-bond acceptors (Lipinski definition) is 26. The number of nitrogens with two attached hydrogens (primary N) is 2. The van der Waals surface area contributed by atoms with E-state index in [2.05, 4.69) is 29.9 Å². The number of hydrogen-bond donors (Lipinski definition) is 10. The molecule has 0 aliphatic carbocycles. The zero-order valence-corrected chi connectivity index (χ0v) is 74.2. The maximum atomic E-state index is 15.1. The van der Waals surface area contributed by atoms with Crippen molar-refractivity contribution in [3.8, 4) is 40.2 Å². The molecular formula is C68H61AlCl3F33KN5O25S. The Kier molecular flexibility index (Phi) is 61.3. The number of phenols is 7. The summed E-state index contributed by atoms with van der Waals surface area (Å²) in [6.45, 7) is 4.67. The summed E-state index contributed by atoms with van der Waals surface area (Å²) in [4.78, 5) is 61.5. The maximum Gasteiger partial charge on any atom is 1.00 e. The van der Waals surface area contributed by atoms with E-state index in [0.29, 0.717) is 90.7 Å². The van der Waals surface area contributed by atoms with Gasteiger partial charge in [-0.3, -0.25) is 44.0 Å². The van der Waals surface area contributed by atoms with Gasteiger partial charge in [-0.15, -0.1) is 10.1 Å². The number of phenolic OH excluding ortho intramolecular Hbond substituents is 7. The van der Waals surface area contributed by atoms with Crippen molar-refractivity contribution in [3.63, 3.8) is 0 Å². The predicted octanol–water partition coefficient (Wildman–Crippen LogP) is 16.4. The minimum atomic E-state index is -6.29. The normalized spacial score (nSPS) is 11.6. The average molecular weight is 2180 g/mol. The minimum absolute atomic E-state index is 0. The molecule has 12 N–H and O–H groups in total. The van der Waals surface area contributed by atoms with E-state index in [1.807, 2.05) is 12.6 Å². The number of benzene rings is 7. The van der Waals surface area contributed by atoms with Crippen LogP contribution < -0.4 is 67.6 Å². The number of halogens is 36. The molecule has 770 valence electrons. The maximum absolute atomic E-state index is 15.1. The van der Waals surface area contributed by atoms with Crippen molar-refractivity contribution in [1.82, 2.24) is 0 Å². The van der Waals surface area contributed by atoms with Crippen LogP contribution in [0.2, 0.25) is 0 Å². The van der Waals surface area contributed by atoms with Crippen LogP contribution in [0.5, 0.6) is 40.2 Å². The van der Waals surface area contributed by atoms with Crippen LogP contribution in [0.4, 0.5) is 163 Å². The number of para-hydroxylation sites is 1. The molecule has 7 aromatic carbocycles. The van der Waals surface area contributed by atoms with Gasteiger partial charge in [0.1, 0.15) is 28.7 Å². The third kappa shape index (κ3) is 47.2. The Morgan fingerprint density at radius 3 is 0.818 bits per heavy atom. The quantitative estimate of drug-likeness (QED) is 0.00467. The van der Waals surface area contributed by atoms with Gasteiger partial charge in [0, 0.05) is 42.8 Å². The second-order valence-corrected chi connectivity index (χ2v) is 30.7. The van der Waals surface area contributed by atoms with E-state index in [4.69, 9.17) is 81.6 Å². The van der Waals surface area contributed by atoms with Crippen LogP contribution in [0.15, 0.2) is 177 Å². The molecule has 0 saturated carbocycles. The van der Waals surface area contributed by atoms with Crippen LogP contribution >= 0.6 is 30.1 Å². The van der Waals surface area contributed by atoms with E-state index in [1.54, 1.807) is 31.2 Å². The van der Waals surface area contributed by atoms with Gasteiger partial charge in [-0.1, -0.05) is 84.6 Å². The van der Waals surface area contributed by atoms with Crippen molar-refractivity contribution in [2.45, 2.75) is 119 Å². The van der Waals surface area contributed by atoms with Gasteiger partial charge in [0.15, 0.2) is 17.3 Å². The summed E-state index contributed by atoms with van der Waals surface area (Å²) in [5, 5.41) is 101. The van der Waals surface area contributed by atoms with Gasteiger partial charge in [0.05, 0.1) is 27.8 Å². The molecule has 0 atom stereocenters. The Morgan fingerprint density at radius 2 is 0.664 bits per heavy atom. The number of carbonyl (C=O) groups excluding carboxylic acids is 2. The third-order valence-corrected chi connectivity index (χ3v) is 14.2. The summed E-state index contributed by atoms with van der Waals surface area (Å²) in [6.07, 6.45) is -61.5. The summed E-state index contributed by atoms with van der Waals surface area (Å²) < 4.78 is 446. The molecule has 0 fully saturated rings. The number of nitro benzene ring substituents is 2. The number of nitrogen functional groups attached to an aromatic ring is 2. The number of alkyl halides is 26. The molecule has 0 unspecified atom stereocenters. The Bertz CT molecular complexity index is 4830. The number of nitro groups is 2. The summed E-state index contributed by atoms with van der Waals surface area (Å²) in [5.74, 6) is -7.05. The Hall–Kier alpha value is -10.4. The van der Waals surface area contributed by atoms with Crippen LogP contribution in [0, 0.1) is 40.3 Å². The number of aromatic hydroxyl groups is 7. The predicted molar refractivity (Wildman–Crippen MR) is 405 cm³/mol. The smallest absolute Gasteiger partial charge is 1.00 e. The fourth-order valence-corrected chi connectivity index (χ4v) is 9.63. The first-order valence-corrected chi connectivity index (χ1v) is 38.9. The zero-order valence-electron chi connectivity index (χ0n) is 66.8. The van der Waals surface area contributed by atoms with Crippen molar-refractivity contribution in [1.29, 1.82) is 0 Å². The van der Waals surface area contributed by atoms with Crippen LogP contribution in [0.1, 0.15) is 68.5 Å². The minimum Gasteiger partial charge on any atom is -1.00 e. The molecular weight excluding hydrogens is 2120 g/mol. The van der Waals surface area contributed by atoms with Gasteiger partial charge in [0.25, 0.3) is 17.7 Å². The van der Waals surface area contributed by atoms with Crippen molar-refractivity contribution in [2.75, 3.05) is 18.1 Å². The second kappa shape index (κ2) is 59.2. The second-order valence-electron chi connectivity index (χ2n) is 23.3. The topological polar surface area (TPSA) is 492 Å². The summed E-state index contributed by atoms with van der Waals surface area (Å²) in [6, 6.07) is 16.8. The number of nitrogens with zero attached hydrogens (tertiary/aromatic N) is 3. The first kappa shape index (κ1) is 142. The zero-order chi connectivity index (χ0) is 107. The molecule has 7 rings (SSSR count). The van der Waals surface area contributed by atoms with E-state index in [9.17, 15) is 191 Å². The first-order valence-electron chi connectivity index (χ1n) is 32.4. The van der Waals surface area contributed by atoms with Crippen LogP contribution in [0.25, 0.3) is 0 Å². The largest absolute Gasteiger partial charge is 1.00 e. The Morgan fingerprint density at radius 1 is 0.467 bits per heavy atom. The molecule has 0 amide bonds. The van der Waals surface area contributed by atoms with Gasteiger partial charge in [-0.25, -0.2) is 34.5 Å². The number of aldehydes is 1. The van der Waals surface area contributed by atoms with Crippen LogP contribution in [-0.4, -0.2) is 163 Å². The van der Waals surface area contributed by atoms with Crippen molar-refractivity contribution in [3.05, 3.63) is 250 Å². The summed E-state index contributed by atoms with van der Waals surface area (Å²) in [5.41, 5.74) is -16.1. The molecule has 0 spiro atoms. The van der Waals surface area contributed by atoms with E-state index in [-0.39, 0.29) is 127 Å². The Labute approximate surface area is 803 Å². The Balaban J connectivity index is -0.000000246. The number of carbonyl (C=O) groups is 2. The van der Waals surface area contributed by atoms with Crippen LogP contribution in [-0.2, 0) is 59.7 Å². The van der Waals surface area contributed by atoms with Gasteiger partial charge >= 0.3 is 152 Å². The van der Waals surface area contributed by atoms with Crippen molar-refractivity contribution in [2.24, 2.45) is 0 Å². The van der Waals surface area contributed by atoms with Gasteiger partial charge in [-0.05, 0) is 124 Å². The molecule has 0 heterocycles. The molecule has 30 nitrogen and oxygen atoms in total. The average Bonchev–Trinajstić information content (AvgIpc) is 0.715. The molecule has 69 heteroatoms. The fraction of sp³-hybridized carbons (Fsp3) is 0.294. The van der Waals surface area contributed by atoms with E-state index in [0.717, 1.165) is 0 Å². The number of ether oxygens (including phenoxy) is 3. The SMILES string of the molecule is C.C=C(F)C(F)(F)OS(=O)(=O)F.C=C(F)F.CC(F)(F)OC(F)(F)C(c1ccc(O)c(N)c1)(c1ccc(O)c(N)c1)C(F)(F)F.CC(F)(F)OC(F)(F)C(c1ccc(O)c([N+](=O)[O-])c1)(c1ccc(O)c([N+](=O)[O-])c1)C(F)(F)F.CC(F)(F)OC(F)(F)C(c1ccc(O)cc1)(c1ccc(O)cc1)C(F)(F)F.CCOF.O=CC(F)(F)F.O=CF.O=O.O=[N+]([O-])O.Oc1ccccc1.[Cl][Al]([Cl])[Cl].[F-].[K+].